The van der Waals surface area contributed by atoms with E-state index in [0.29, 0.717) is 11.8 Å². The first-order valence-electron chi connectivity index (χ1n) is 5.22. The third kappa shape index (κ3) is 2.12. The van der Waals surface area contributed by atoms with Gasteiger partial charge in [-0.1, -0.05) is 18.2 Å². The lowest BCUT2D eigenvalue weighted by Crippen LogP contribution is -2.29. The van der Waals surface area contributed by atoms with Crippen molar-refractivity contribution in [3.63, 3.8) is 0 Å². The molecule has 1 unspecified atom stereocenters. The predicted molar refractivity (Wildman–Crippen MR) is 63.3 cm³/mol. The molecular weight excluding hydrogens is 221 g/mol. The zero-order valence-corrected chi connectivity index (χ0v) is 9.15. The van der Waals surface area contributed by atoms with Crippen LogP contribution in [0.4, 0.5) is 4.39 Å². The van der Waals surface area contributed by atoms with E-state index < -0.39 is 11.9 Å². The Morgan fingerprint density at radius 3 is 3.00 bits per heavy atom. The van der Waals surface area contributed by atoms with Crippen molar-refractivity contribution in [1.29, 1.82) is 0 Å². The summed E-state index contributed by atoms with van der Waals surface area (Å²) >= 11 is 0. The van der Waals surface area contributed by atoms with Crippen molar-refractivity contribution in [2.45, 2.75) is 12.5 Å². The van der Waals surface area contributed by atoms with Gasteiger partial charge in [-0.15, -0.1) is 6.58 Å². The molecule has 0 bridgehead atoms. The minimum Gasteiger partial charge on any atom is -0.450 e. The Kier molecular flexibility index (Phi) is 3.06. The molecule has 2 rings (SSSR count). The van der Waals surface area contributed by atoms with E-state index in [2.05, 4.69) is 6.58 Å². The molecule has 0 spiro atoms. The van der Waals surface area contributed by atoms with Crippen molar-refractivity contribution >= 4 is 16.8 Å². The summed E-state index contributed by atoms with van der Waals surface area (Å²) in [7, 11) is 0. The van der Waals surface area contributed by atoms with Crippen molar-refractivity contribution in [2.75, 3.05) is 0 Å². The topological polar surface area (TPSA) is 56.2 Å². The minimum absolute atomic E-state index is 0.0828. The molecule has 0 aliphatic carbocycles. The molecule has 0 amide bonds. The third-order valence-corrected chi connectivity index (χ3v) is 2.50. The van der Waals surface area contributed by atoms with E-state index in [1.807, 2.05) is 0 Å². The van der Waals surface area contributed by atoms with Crippen LogP contribution in [0.3, 0.4) is 0 Å². The summed E-state index contributed by atoms with van der Waals surface area (Å²) in [5.41, 5.74) is 5.73. The zero-order valence-electron chi connectivity index (χ0n) is 9.15. The van der Waals surface area contributed by atoms with E-state index in [1.165, 1.54) is 12.1 Å². The number of halogens is 1. The lowest BCUT2D eigenvalue weighted by atomic mass is 10.1. The van der Waals surface area contributed by atoms with Crippen LogP contribution in [0.15, 0.2) is 41.3 Å². The Labute approximate surface area is 97.7 Å². The van der Waals surface area contributed by atoms with Crippen LogP contribution < -0.4 is 5.73 Å². The first kappa shape index (κ1) is 11.5. The van der Waals surface area contributed by atoms with E-state index in [-0.39, 0.29) is 17.1 Å². The highest BCUT2D eigenvalue weighted by atomic mass is 19.1. The van der Waals surface area contributed by atoms with Crippen LogP contribution in [0.1, 0.15) is 17.0 Å². The Balaban J connectivity index is 2.40. The number of carbonyl (C=O) groups is 1. The number of rotatable bonds is 4. The van der Waals surface area contributed by atoms with E-state index in [4.69, 9.17) is 10.2 Å². The van der Waals surface area contributed by atoms with Gasteiger partial charge in [0.2, 0.25) is 5.78 Å². The largest absolute Gasteiger partial charge is 0.450 e. The average molecular weight is 233 g/mol. The lowest BCUT2D eigenvalue weighted by Gasteiger charge is -2.03. The maximum atomic E-state index is 13.4. The molecule has 0 aliphatic rings. The van der Waals surface area contributed by atoms with Gasteiger partial charge in [-0.3, -0.25) is 4.79 Å². The Bertz CT molecular complexity index is 574. The Morgan fingerprint density at radius 1 is 1.59 bits per heavy atom. The maximum Gasteiger partial charge on any atom is 0.214 e. The molecule has 0 radical (unpaired) electrons. The third-order valence-electron chi connectivity index (χ3n) is 2.50. The predicted octanol–water partition coefficient (Wildman–Crippen LogP) is 2.66. The molecule has 2 aromatic rings. The Hall–Kier alpha value is -1.94. The second-order valence-corrected chi connectivity index (χ2v) is 3.76. The second-order valence-electron chi connectivity index (χ2n) is 3.76. The van der Waals surface area contributed by atoms with Crippen LogP contribution in [0.5, 0.6) is 0 Å². The summed E-state index contributed by atoms with van der Waals surface area (Å²) in [5, 5.41) is 0.555. The van der Waals surface area contributed by atoms with Gasteiger partial charge in [0.1, 0.15) is 0 Å². The summed E-state index contributed by atoms with van der Waals surface area (Å²) in [6.45, 7) is 3.51. The fraction of sp³-hybridized carbons (Fsp3) is 0.154. The molecule has 0 aliphatic heterocycles. The van der Waals surface area contributed by atoms with Crippen LogP contribution >= 0.6 is 0 Å². The molecule has 1 heterocycles. The Morgan fingerprint density at radius 2 is 2.35 bits per heavy atom. The van der Waals surface area contributed by atoms with E-state index in [0.717, 1.165) is 0 Å². The summed E-state index contributed by atoms with van der Waals surface area (Å²) < 4.78 is 18.5. The number of para-hydroxylation sites is 1. The van der Waals surface area contributed by atoms with Gasteiger partial charge in [-0.05, 0) is 18.6 Å². The number of carbonyl (C=O) groups excluding carboxylic acids is 1. The summed E-state index contributed by atoms with van der Waals surface area (Å²) in [5.74, 6) is -0.751. The molecule has 0 saturated heterocycles. The number of furan rings is 1. The van der Waals surface area contributed by atoms with Gasteiger partial charge in [-0.2, -0.15) is 0 Å². The quantitative estimate of drug-likeness (QED) is 0.652. The van der Waals surface area contributed by atoms with E-state index in [1.54, 1.807) is 18.2 Å². The van der Waals surface area contributed by atoms with E-state index in [9.17, 15) is 9.18 Å². The van der Waals surface area contributed by atoms with Crippen molar-refractivity contribution in [2.24, 2.45) is 5.73 Å². The summed E-state index contributed by atoms with van der Waals surface area (Å²) in [4.78, 5) is 11.8. The van der Waals surface area contributed by atoms with Gasteiger partial charge in [0, 0.05) is 5.39 Å². The molecule has 0 fully saturated rings. The summed E-state index contributed by atoms with van der Waals surface area (Å²) in [6.07, 6.45) is 1.92. The van der Waals surface area contributed by atoms with Crippen molar-refractivity contribution in [3.8, 4) is 0 Å². The first-order chi connectivity index (χ1) is 8.13. The number of Topliss-reactive ketones (excluding diaryl/α,β-unsaturated/α-hetero) is 1. The molecule has 0 saturated carbocycles. The van der Waals surface area contributed by atoms with Crippen LogP contribution in [0, 0.1) is 5.82 Å². The fourth-order valence-corrected chi connectivity index (χ4v) is 1.62. The molecule has 3 nitrogen and oxygen atoms in total. The molecule has 4 heteroatoms. The molecule has 1 atom stereocenters. The van der Waals surface area contributed by atoms with Crippen molar-refractivity contribution in [3.05, 3.63) is 48.5 Å². The van der Waals surface area contributed by atoms with Gasteiger partial charge in [0.15, 0.2) is 17.2 Å². The maximum absolute atomic E-state index is 13.4. The highest BCUT2D eigenvalue weighted by Crippen LogP contribution is 2.22. The highest BCUT2D eigenvalue weighted by molar-refractivity contribution is 6.00. The number of hydrogen-bond donors (Lipinski definition) is 1. The highest BCUT2D eigenvalue weighted by Gasteiger charge is 2.19. The standard InChI is InChI=1S/C13H12FNO2/c1-2-4-10(15)12(16)11-7-8-5-3-6-9(14)13(8)17-11/h2-3,5-7,10H,1,4,15H2. The van der Waals surface area contributed by atoms with Gasteiger partial charge in [0.25, 0.3) is 0 Å². The van der Waals surface area contributed by atoms with Gasteiger partial charge in [-0.25, -0.2) is 4.39 Å². The molecule has 2 N–H and O–H groups in total. The van der Waals surface area contributed by atoms with Crippen LogP contribution in [-0.2, 0) is 0 Å². The molecule has 1 aromatic carbocycles. The summed E-state index contributed by atoms with van der Waals surface area (Å²) in [6, 6.07) is 5.33. The number of hydrogen-bond acceptors (Lipinski definition) is 3. The normalized spacial score (nSPS) is 12.6. The smallest absolute Gasteiger partial charge is 0.214 e. The number of ketones is 1. The van der Waals surface area contributed by atoms with Gasteiger partial charge < -0.3 is 10.2 Å². The first-order valence-corrected chi connectivity index (χ1v) is 5.22. The monoisotopic (exact) mass is 233 g/mol. The molecule has 17 heavy (non-hydrogen) atoms. The van der Waals surface area contributed by atoms with Crippen LogP contribution in [0.2, 0.25) is 0 Å². The number of fused-ring (bicyclic) bond motifs is 1. The van der Waals surface area contributed by atoms with Crippen molar-refractivity contribution < 1.29 is 13.6 Å². The molecule has 88 valence electrons. The zero-order chi connectivity index (χ0) is 12.4. The lowest BCUT2D eigenvalue weighted by molar-refractivity contribution is 0.0936. The minimum atomic E-state index is -0.698. The fourth-order valence-electron chi connectivity index (χ4n) is 1.62. The number of nitrogens with two attached hydrogens (primary N) is 1. The van der Waals surface area contributed by atoms with Gasteiger partial charge in [0.05, 0.1) is 6.04 Å². The van der Waals surface area contributed by atoms with Crippen molar-refractivity contribution in [1.82, 2.24) is 0 Å². The van der Waals surface area contributed by atoms with E-state index >= 15 is 0 Å². The SMILES string of the molecule is C=CCC(N)C(=O)c1cc2cccc(F)c2o1. The van der Waals surface area contributed by atoms with Crippen LogP contribution in [-0.4, -0.2) is 11.8 Å². The van der Waals surface area contributed by atoms with Gasteiger partial charge >= 0.3 is 0 Å². The molecule has 1 aromatic heterocycles. The van der Waals surface area contributed by atoms with Crippen LogP contribution in [0.25, 0.3) is 11.0 Å². The number of benzene rings is 1. The molecular formula is C13H12FNO2. The second kappa shape index (κ2) is 4.51. The average Bonchev–Trinajstić information content (AvgIpc) is 2.73.